The van der Waals surface area contributed by atoms with E-state index in [1.165, 1.54) is 0 Å². The molecule has 0 aromatic heterocycles. The first kappa shape index (κ1) is 19.5. The molecular formula is C17H25ClN2O3. The van der Waals surface area contributed by atoms with Crippen molar-refractivity contribution in [1.82, 2.24) is 10.6 Å². The third-order valence-corrected chi connectivity index (χ3v) is 3.65. The summed E-state index contributed by atoms with van der Waals surface area (Å²) < 4.78 is 0. The lowest BCUT2D eigenvalue weighted by atomic mass is 9.96. The van der Waals surface area contributed by atoms with Crippen LogP contribution in [0, 0.1) is 5.41 Å². The maximum absolute atomic E-state index is 11.7. The SMILES string of the molecule is CC(C)(C)C(=O)NCCCC(=O)NCC(O)c1ccccc1Cl. The van der Waals surface area contributed by atoms with Crippen LogP contribution in [0.3, 0.4) is 0 Å². The molecule has 6 heteroatoms. The van der Waals surface area contributed by atoms with Gasteiger partial charge in [-0.2, -0.15) is 0 Å². The van der Waals surface area contributed by atoms with Gasteiger partial charge in [0.15, 0.2) is 0 Å². The Morgan fingerprint density at radius 2 is 1.87 bits per heavy atom. The zero-order valence-corrected chi connectivity index (χ0v) is 14.6. The van der Waals surface area contributed by atoms with Gasteiger partial charge in [-0.15, -0.1) is 0 Å². The van der Waals surface area contributed by atoms with Crippen LogP contribution >= 0.6 is 11.6 Å². The van der Waals surface area contributed by atoms with Crippen molar-refractivity contribution in [2.45, 2.75) is 39.7 Å². The van der Waals surface area contributed by atoms with E-state index in [1.807, 2.05) is 20.8 Å². The van der Waals surface area contributed by atoms with E-state index in [9.17, 15) is 14.7 Å². The molecule has 2 amide bonds. The molecule has 23 heavy (non-hydrogen) atoms. The fourth-order valence-electron chi connectivity index (χ4n) is 1.87. The number of hydrogen-bond acceptors (Lipinski definition) is 3. The minimum atomic E-state index is -0.840. The Bertz CT molecular complexity index is 541. The van der Waals surface area contributed by atoms with Crippen LogP contribution in [0.25, 0.3) is 0 Å². The Kier molecular flexibility index (Phi) is 7.52. The lowest BCUT2D eigenvalue weighted by molar-refractivity contribution is -0.128. The van der Waals surface area contributed by atoms with Gasteiger partial charge in [-0.1, -0.05) is 50.6 Å². The molecule has 1 aromatic carbocycles. The maximum Gasteiger partial charge on any atom is 0.225 e. The smallest absolute Gasteiger partial charge is 0.225 e. The van der Waals surface area contributed by atoms with Crippen LogP contribution in [0.5, 0.6) is 0 Å². The summed E-state index contributed by atoms with van der Waals surface area (Å²) in [6.45, 7) is 6.08. The molecule has 0 saturated carbocycles. The number of amides is 2. The van der Waals surface area contributed by atoms with Crippen LogP contribution < -0.4 is 10.6 Å². The second-order valence-electron chi connectivity index (χ2n) is 6.45. The summed E-state index contributed by atoms with van der Waals surface area (Å²) in [6.07, 6.45) is 0.00317. The summed E-state index contributed by atoms with van der Waals surface area (Å²) in [4.78, 5) is 23.4. The monoisotopic (exact) mass is 340 g/mol. The fourth-order valence-corrected chi connectivity index (χ4v) is 2.13. The molecular weight excluding hydrogens is 316 g/mol. The number of aliphatic hydroxyl groups is 1. The Hall–Kier alpha value is -1.59. The summed E-state index contributed by atoms with van der Waals surface area (Å²) in [5.41, 5.74) is 0.160. The summed E-state index contributed by atoms with van der Waals surface area (Å²) in [7, 11) is 0. The van der Waals surface area contributed by atoms with E-state index in [-0.39, 0.29) is 18.4 Å². The molecule has 128 valence electrons. The molecule has 5 nitrogen and oxygen atoms in total. The van der Waals surface area contributed by atoms with E-state index < -0.39 is 11.5 Å². The molecule has 0 aliphatic carbocycles. The number of benzene rings is 1. The zero-order chi connectivity index (χ0) is 17.5. The number of halogens is 1. The molecule has 0 radical (unpaired) electrons. The number of rotatable bonds is 7. The normalized spacial score (nSPS) is 12.6. The standard InChI is InChI=1S/C17H25ClN2O3/c1-17(2,3)16(23)19-10-6-9-15(22)20-11-14(21)12-7-4-5-8-13(12)18/h4-5,7-8,14,21H,6,9-11H2,1-3H3,(H,19,23)(H,20,22). The van der Waals surface area contributed by atoms with Gasteiger partial charge >= 0.3 is 0 Å². The minimum Gasteiger partial charge on any atom is -0.387 e. The van der Waals surface area contributed by atoms with Crippen LogP contribution in [0.2, 0.25) is 5.02 Å². The summed E-state index contributed by atoms with van der Waals surface area (Å²) in [5.74, 6) is -0.201. The fraction of sp³-hybridized carbons (Fsp3) is 0.529. The minimum absolute atomic E-state index is 0.0351. The van der Waals surface area contributed by atoms with E-state index >= 15 is 0 Å². The average Bonchev–Trinajstić information content (AvgIpc) is 2.48. The Balaban J connectivity index is 2.25. The van der Waals surface area contributed by atoms with Crippen molar-refractivity contribution in [3.05, 3.63) is 34.9 Å². The van der Waals surface area contributed by atoms with Gasteiger partial charge in [0.1, 0.15) is 0 Å². The highest BCUT2D eigenvalue weighted by molar-refractivity contribution is 6.31. The highest BCUT2D eigenvalue weighted by atomic mass is 35.5. The number of carbonyl (C=O) groups excluding carboxylic acids is 2. The third kappa shape index (κ3) is 7.01. The van der Waals surface area contributed by atoms with Gasteiger partial charge in [-0.25, -0.2) is 0 Å². The van der Waals surface area contributed by atoms with Gasteiger partial charge in [0.2, 0.25) is 11.8 Å². The largest absolute Gasteiger partial charge is 0.387 e. The lowest BCUT2D eigenvalue weighted by Crippen LogP contribution is -2.36. The molecule has 0 spiro atoms. The van der Waals surface area contributed by atoms with Crippen molar-refractivity contribution in [1.29, 1.82) is 0 Å². The lowest BCUT2D eigenvalue weighted by Gasteiger charge is -2.17. The van der Waals surface area contributed by atoms with Gasteiger partial charge in [0, 0.05) is 35.5 Å². The topological polar surface area (TPSA) is 78.4 Å². The average molecular weight is 341 g/mol. The van der Waals surface area contributed by atoms with Crippen molar-refractivity contribution < 1.29 is 14.7 Å². The van der Waals surface area contributed by atoms with E-state index in [4.69, 9.17) is 11.6 Å². The Morgan fingerprint density at radius 1 is 1.22 bits per heavy atom. The zero-order valence-electron chi connectivity index (χ0n) is 13.9. The number of carbonyl (C=O) groups is 2. The molecule has 3 N–H and O–H groups in total. The van der Waals surface area contributed by atoms with Gasteiger partial charge in [0.25, 0.3) is 0 Å². The highest BCUT2D eigenvalue weighted by Crippen LogP contribution is 2.21. The Morgan fingerprint density at radius 3 is 2.48 bits per heavy atom. The first-order valence-electron chi connectivity index (χ1n) is 7.69. The van der Waals surface area contributed by atoms with E-state index in [2.05, 4.69) is 10.6 Å². The van der Waals surface area contributed by atoms with Gasteiger partial charge in [-0.3, -0.25) is 9.59 Å². The second kappa shape index (κ2) is 8.89. The molecule has 1 rings (SSSR count). The van der Waals surface area contributed by atoms with Gasteiger partial charge in [0.05, 0.1) is 6.10 Å². The molecule has 0 fully saturated rings. The Labute approximate surface area is 142 Å². The predicted molar refractivity (Wildman–Crippen MR) is 91.1 cm³/mol. The molecule has 0 aliphatic heterocycles. The van der Waals surface area contributed by atoms with Crippen molar-refractivity contribution in [2.75, 3.05) is 13.1 Å². The van der Waals surface area contributed by atoms with Crippen LogP contribution in [0.15, 0.2) is 24.3 Å². The van der Waals surface area contributed by atoms with Gasteiger partial charge < -0.3 is 15.7 Å². The molecule has 0 aliphatic rings. The van der Waals surface area contributed by atoms with Crippen LogP contribution in [-0.2, 0) is 9.59 Å². The molecule has 1 unspecified atom stereocenters. The first-order chi connectivity index (χ1) is 10.7. The first-order valence-corrected chi connectivity index (χ1v) is 8.07. The molecule has 0 bridgehead atoms. The summed E-state index contributed by atoms with van der Waals surface area (Å²) >= 11 is 5.99. The molecule has 1 aromatic rings. The predicted octanol–water partition coefficient (Wildman–Crippen LogP) is 2.43. The van der Waals surface area contributed by atoms with Gasteiger partial charge in [-0.05, 0) is 12.5 Å². The maximum atomic E-state index is 11.7. The van der Waals surface area contributed by atoms with Crippen LogP contribution in [-0.4, -0.2) is 30.0 Å². The number of aliphatic hydroxyl groups excluding tert-OH is 1. The number of nitrogens with one attached hydrogen (secondary N) is 2. The molecule has 1 atom stereocenters. The number of hydrogen-bond donors (Lipinski definition) is 3. The van der Waals surface area contributed by atoms with Crippen LogP contribution in [0.1, 0.15) is 45.3 Å². The van der Waals surface area contributed by atoms with E-state index in [1.54, 1.807) is 24.3 Å². The molecule has 0 saturated heterocycles. The third-order valence-electron chi connectivity index (χ3n) is 3.30. The quantitative estimate of drug-likeness (QED) is 0.667. The summed E-state index contributed by atoms with van der Waals surface area (Å²) in [6, 6.07) is 6.98. The summed E-state index contributed by atoms with van der Waals surface area (Å²) in [5, 5.41) is 16.0. The van der Waals surface area contributed by atoms with Crippen molar-refractivity contribution in [2.24, 2.45) is 5.41 Å². The van der Waals surface area contributed by atoms with E-state index in [0.29, 0.717) is 30.0 Å². The highest BCUT2D eigenvalue weighted by Gasteiger charge is 2.20. The van der Waals surface area contributed by atoms with Crippen molar-refractivity contribution in [3.8, 4) is 0 Å². The van der Waals surface area contributed by atoms with E-state index in [0.717, 1.165) is 0 Å². The molecule has 0 heterocycles. The second-order valence-corrected chi connectivity index (χ2v) is 6.86. The van der Waals surface area contributed by atoms with Crippen molar-refractivity contribution >= 4 is 23.4 Å². The van der Waals surface area contributed by atoms with Crippen LogP contribution in [0.4, 0.5) is 0 Å². The van der Waals surface area contributed by atoms with Crippen molar-refractivity contribution in [3.63, 3.8) is 0 Å².